The first-order valence-corrected chi connectivity index (χ1v) is 6.62. The van der Waals surface area contributed by atoms with Gasteiger partial charge in [-0.05, 0) is 32.5 Å². The van der Waals surface area contributed by atoms with Crippen LogP contribution in [0.25, 0.3) is 0 Å². The first-order valence-electron chi connectivity index (χ1n) is 6.62. The van der Waals surface area contributed by atoms with Crippen molar-refractivity contribution in [1.82, 2.24) is 25.1 Å². The molecule has 2 rings (SSSR count). The lowest BCUT2D eigenvalue weighted by Crippen LogP contribution is -2.25. The lowest BCUT2D eigenvalue weighted by Gasteiger charge is -2.17. The number of aromatic nitrogens is 4. The van der Waals surface area contributed by atoms with E-state index in [1.54, 1.807) is 0 Å². The van der Waals surface area contributed by atoms with Crippen LogP contribution in [0.5, 0.6) is 0 Å². The van der Waals surface area contributed by atoms with Crippen LogP contribution in [0, 0.1) is 13.8 Å². The molecule has 0 aliphatic rings. The Morgan fingerprint density at radius 1 is 1.37 bits per heavy atom. The van der Waals surface area contributed by atoms with Crippen molar-refractivity contribution in [2.45, 2.75) is 33.2 Å². The topological polar surface area (TPSA) is 55.6 Å². The van der Waals surface area contributed by atoms with Gasteiger partial charge in [0.05, 0.1) is 17.4 Å². The second kappa shape index (κ2) is 5.93. The van der Waals surface area contributed by atoms with Gasteiger partial charge < -0.3 is 5.32 Å². The lowest BCUT2D eigenvalue weighted by molar-refractivity contribution is 0.515. The highest BCUT2D eigenvalue weighted by Crippen LogP contribution is 2.16. The van der Waals surface area contributed by atoms with Gasteiger partial charge in [-0.25, -0.2) is 9.97 Å². The van der Waals surface area contributed by atoms with E-state index in [0.717, 1.165) is 30.2 Å². The number of aryl methyl sites for hydroxylation is 3. The smallest absolute Gasteiger partial charge is 0.125 e. The average molecular weight is 259 g/mol. The second-order valence-corrected chi connectivity index (χ2v) is 4.74. The van der Waals surface area contributed by atoms with Gasteiger partial charge in [-0.1, -0.05) is 6.92 Å². The van der Waals surface area contributed by atoms with Gasteiger partial charge in [0.25, 0.3) is 0 Å². The van der Waals surface area contributed by atoms with Crippen molar-refractivity contribution in [1.29, 1.82) is 0 Å². The minimum Gasteiger partial charge on any atom is -0.309 e. The predicted octanol–water partition coefficient (Wildman–Crippen LogP) is 1.72. The molecule has 2 aromatic heterocycles. The molecule has 0 fully saturated rings. The molecule has 5 heteroatoms. The summed E-state index contributed by atoms with van der Waals surface area (Å²) >= 11 is 0. The van der Waals surface area contributed by atoms with Crippen molar-refractivity contribution in [3.05, 3.63) is 41.2 Å². The van der Waals surface area contributed by atoms with Crippen molar-refractivity contribution in [2.75, 3.05) is 6.54 Å². The Hall–Kier alpha value is -1.75. The van der Waals surface area contributed by atoms with E-state index in [1.165, 1.54) is 5.69 Å². The van der Waals surface area contributed by atoms with Crippen molar-refractivity contribution in [3.63, 3.8) is 0 Å². The molecule has 102 valence electrons. The van der Waals surface area contributed by atoms with Crippen LogP contribution in [0.15, 0.2) is 18.3 Å². The zero-order valence-electron chi connectivity index (χ0n) is 12.0. The summed E-state index contributed by atoms with van der Waals surface area (Å²) in [4.78, 5) is 8.68. The molecule has 0 aromatic carbocycles. The number of hydrogen-bond donors (Lipinski definition) is 1. The molecule has 1 atom stereocenters. The average Bonchev–Trinajstić information content (AvgIpc) is 2.67. The zero-order chi connectivity index (χ0) is 13.8. The van der Waals surface area contributed by atoms with Crippen molar-refractivity contribution in [3.8, 4) is 0 Å². The summed E-state index contributed by atoms with van der Waals surface area (Å²) in [7, 11) is 1.98. The molecule has 0 radical (unpaired) electrons. The minimum atomic E-state index is 0.196. The third kappa shape index (κ3) is 3.38. The highest BCUT2D eigenvalue weighted by molar-refractivity contribution is 5.15. The van der Waals surface area contributed by atoms with Crippen LogP contribution >= 0.6 is 0 Å². The third-order valence-electron chi connectivity index (χ3n) is 3.12. The third-order valence-corrected chi connectivity index (χ3v) is 3.12. The maximum atomic E-state index is 4.52. The Kier molecular flexibility index (Phi) is 4.27. The molecule has 19 heavy (non-hydrogen) atoms. The number of nitrogens with zero attached hydrogens (tertiary/aromatic N) is 4. The zero-order valence-corrected chi connectivity index (χ0v) is 12.0. The van der Waals surface area contributed by atoms with Crippen LogP contribution < -0.4 is 5.32 Å². The summed E-state index contributed by atoms with van der Waals surface area (Å²) in [5.41, 5.74) is 3.29. The lowest BCUT2D eigenvalue weighted by atomic mass is 10.1. The van der Waals surface area contributed by atoms with Crippen LogP contribution in [-0.4, -0.2) is 26.3 Å². The van der Waals surface area contributed by atoms with Gasteiger partial charge in [0.15, 0.2) is 0 Å². The Bertz CT molecular complexity index is 547. The summed E-state index contributed by atoms with van der Waals surface area (Å²) in [6.07, 6.45) is 2.69. The molecule has 0 saturated carbocycles. The summed E-state index contributed by atoms with van der Waals surface area (Å²) in [5.74, 6) is 0.807. The standard InChI is InChI=1S/C14H21N5/c1-5-15-14(13-6-7-16-11(3)17-13)9-12-8-10(2)18-19(12)4/h6-8,14-15H,5,9H2,1-4H3. The van der Waals surface area contributed by atoms with Gasteiger partial charge in [0.1, 0.15) is 5.82 Å². The van der Waals surface area contributed by atoms with E-state index in [2.05, 4.69) is 33.4 Å². The number of nitrogens with one attached hydrogen (secondary N) is 1. The maximum absolute atomic E-state index is 4.52. The summed E-state index contributed by atoms with van der Waals surface area (Å²) < 4.78 is 1.94. The number of hydrogen-bond acceptors (Lipinski definition) is 4. The van der Waals surface area contributed by atoms with Gasteiger partial charge in [-0.15, -0.1) is 0 Å². The Labute approximate surface area is 114 Å². The summed E-state index contributed by atoms with van der Waals surface area (Å²) in [5, 5.41) is 7.87. The van der Waals surface area contributed by atoms with E-state index in [1.807, 2.05) is 37.8 Å². The fourth-order valence-corrected chi connectivity index (χ4v) is 2.26. The van der Waals surface area contributed by atoms with Crippen molar-refractivity contribution in [2.24, 2.45) is 7.05 Å². The first-order chi connectivity index (χ1) is 9.10. The Morgan fingerprint density at radius 3 is 2.74 bits per heavy atom. The molecule has 5 nitrogen and oxygen atoms in total. The fraction of sp³-hybridized carbons (Fsp3) is 0.500. The molecule has 0 aliphatic heterocycles. The number of rotatable bonds is 5. The molecular formula is C14H21N5. The van der Waals surface area contributed by atoms with Gasteiger partial charge >= 0.3 is 0 Å². The Balaban J connectivity index is 2.23. The van der Waals surface area contributed by atoms with E-state index < -0.39 is 0 Å². The van der Waals surface area contributed by atoms with E-state index in [-0.39, 0.29) is 6.04 Å². The predicted molar refractivity (Wildman–Crippen MR) is 74.8 cm³/mol. The van der Waals surface area contributed by atoms with Crippen LogP contribution in [0.1, 0.15) is 35.9 Å². The highest BCUT2D eigenvalue weighted by Gasteiger charge is 2.15. The SMILES string of the molecule is CCNC(Cc1cc(C)nn1C)c1ccnc(C)n1. The molecule has 0 bridgehead atoms. The summed E-state index contributed by atoms with van der Waals surface area (Å²) in [6.45, 7) is 6.95. The minimum absolute atomic E-state index is 0.196. The molecule has 0 saturated heterocycles. The van der Waals surface area contributed by atoms with Crippen LogP contribution in [-0.2, 0) is 13.5 Å². The molecule has 1 unspecified atom stereocenters. The highest BCUT2D eigenvalue weighted by atomic mass is 15.3. The first kappa shape index (κ1) is 13.7. The van der Waals surface area contributed by atoms with Gasteiger partial charge in [-0.3, -0.25) is 4.68 Å². The van der Waals surface area contributed by atoms with Gasteiger partial charge in [-0.2, -0.15) is 5.10 Å². The van der Waals surface area contributed by atoms with Crippen molar-refractivity contribution < 1.29 is 0 Å². The molecular weight excluding hydrogens is 238 g/mol. The molecule has 0 spiro atoms. The van der Waals surface area contributed by atoms with E-state index in [0.29, 0.717) is 0 Å². The maximum Gasteiger partial charge on any atom is 0.125 e. The monoisotopic (exact) mass is 259 g/mol. The molecule has 2 aromatic rings. The van der Waals surface area contributed by atoms with E-state index >= 15 is 0 Å². The quantitative estimate of drug-likeness (QED) is 0.888. The normalized spacial score (nSPS) is 12.6. The second-order valence-electron chi connectivity index (χ2n) is 4.74. The van der Waals surface area contributed by atoms with Crippen LogP contribution in [0.3, 0.4) is 0 Å². The molecule has 1 N–H and O–H groups in total. The molecule has 2 heterocycles. The van der Waals surface area contributed by atoms with Gasteiger partial charge in [0, 0.05) is 25.4 Å². The van der Waals surface area contributed by atoms with E-state index in [4.69, 9.17) is 0 Å². The van der Waals surface area contributed by atoms with Gasteiger partial charge in [0.2, 0.25) is 0 Å². The van der Waals surface area contributed by atoms with Crippen LogP contribution in [0.2, 0.25) is 0 Å². The molecule has 0 amide bonds. The fourth-order valence-electron chi connectivity index (χ4n) is 2.26. The van der Waals surface area contributed by atoms with Crippen molar-refractivity contribution >= 4 is 0 Å². The summed E-state index contributed by atoms with van der Waals surface area (Å²) in [6, 6.07) is 4.29. The van der Waals surface area contributed by atoms with E-state index in [9.17, 15) is 0 Å². The molecule has 0 aliphatic carbocycles. The Morgan fingerprint density at radius 2 is 2.16 bits per heavy atom. The largest absolute Gasteiger partial charge is 0.309 e. The number of likely N-dealkylation sites (N-methyl/N-ethyl adjacent to an activating group) is 1. The van der Waals surface area contributed by atoms with Crippen LogP contribution in [0.4, 0.5) is 0 Å².